The van der Waals surface area contributed by atoms with Gasteiger partial charge in [-0.1, -0.05) is 35.9 Å². The van der Waals surface area contributed by atoms with Crippen LogP contribution in [-0.2, 0) is 11.2 Å². The van der Waals surface area contributed by atoms with Crippen LogP contribution in [0.3, 0.4) is 0 Å². The van der Waals surface area contributed by atoms with Gasteiger partial charge in [-0.25, -0.2) is 4.39 Å². The van der Waals surface area contributed by atoms with Gasteiger partial charge in [-0.2, -0.15) is 5.26 Å². The average molecular weight is 561 g/mol. The highest BCUT2D eigenvalue weighted by Gasteiger charge is 2.15. The van der Waals surface area contributed by atoms with Gasteiger partial charge in [-0.05, 0) is 82.6 Å². The van der Waals surface area contributed by atoms with Crippen LogP contribution >= 0.6 is 34.2 Å². The van der Waals surface area contributed by atoms with Crippen LogP contribution in [0.25, 0.3) is 6.08 Å². The number of nitrogens with one attached hydrogen (secondary N) is 1. The molecule has 162 valence electrons. The van der Waals surface area contributed by atoms with Gasteiger partial charge in [-0.15, -0.1) is 0 Å². The van der Waals surface area contributed by atoms with Gasteiger partial charge in [0, 0.05) is 26.3 Å². The predicted molar refractivity (Wildman–Crippen MR) is 133 cm³/mol. The molecular weight excluding hydrogens is 542 g/mol. The van der Waals surface area contributed by atoms with Crippen molar-refractivity contribution in [3.8, 4) is 11.8 Å². The van der Waals surface area contributed by atoms with Gasteiger partial charge in [0.2, 0.25) is 0 Å². The van der Waals surface area contributed by atoms with Crippen LogP contribution in [0.4, 0.5) is 10.1 Å². The maximum atomic E-state index is 14.1. The predicted octanol–water partition coefficient (Wildman–Crippen LogP) is 6.54. The molecule has 0 fully saturated rings. The van der Waals surface area contributed by atoms with E-state index in [1.807, 2.05) is 19.1 Å². The molecule has 0 unspecified atom stereocenters. The molecule has 0 aromatic heterocycles. The van der Waals surface area contributed by atoms with E-state index in [4.69, 9.17) is 16.3 Å². The van der Waals surface area contributed by atoms with E-state index in [9.17, 15) is 14.4 Å². The molecule has 7 heteroatoms. The Labute approximate surface area is 204 Å². The van der Waals surface area contributed by atoms with Gasteiger partial charge in [0.25, 0.3) is 5.91 Å². The molecule has 0 bridgehead atoms. The van der Waals surface area contributed by atoms with Crippen LogP contribution in [0.1, 0.15) is 22.3 Å². The van der Waals surface area contributed by atoms with Crippen LogP contribution < -0.4 is 10.1 Å². The Morgan fingerprint density at radius 3 is 2.66 bits per heavy atom. The average Bonchev–Trinajstić information content (AvgIpc) is 2.77. The Morgan fingerprint density at radius 2 is 2.00 bits per heavy atom. The van der Waals surface area contributed by atoms with Crippen LogP contribution in [0.5, 0.6) is 5.75 Å². The minimum atomic E-state index is -0.545. The molecule has 32 heavy (non-hydrogen) atoms. The number of carbonyl (C=O) groups is 1. The molecule has 0 heterocycles. The Morgan fingerprint density at radius 1 is 1.25 bits per heavy atom. The van der Waals surface area contributed by atoms with E-state index in [1.54, 1.807) is 42.5 Å². The van der Waals surface area contributed by atoms with Gasteiger partial charge < -0.3 is 10.1 Å². The monoisotopic (exact) mass is 560 g/mol. The quantitative estimate of drug-likeness (QED) is 0.212. The van der Waals surface area contributed by atoms with E-state index in [2.05, 4.69) is 27.9 Å². The number of nitrogens with zero attached hydrogens (tertiary/aromatic N) is 1. The molecule has 0 saturated carbocycles. The summed E-state index contributed by atoms with van der Waals surface area (Å²) < 4.78 is 20.5. The summed E-state index contributed by atoms with van der Waals surface area (Å²) in [5.41, 5.74) is 3.32. The lowest BCUT2D eigenvalue weighted by Gasteiger charge is -2.13. The summed E-state index contributed by atoms with van der Waals surface area (Å²) in [5, 5.41) is 12.7. The Bertz CT molecular complexity index is 1250. The molecule has 0 aliphatic carbocycles. The second-order valence-electron chi connectivity index (χ2n) is 7.04. The molecule has 0 radical (unpaired) electrons. The molecule has 3 aromatic rings. The molecule has 0 atom stereocenters. The maximum absolute atomic E-state index is 14.1. The molecule has 0 spiro atoms. The van der Waals surface area contributed by atoms with E-state index in [0.29, 0.717) is 34.0 Å². The first-order valence-corrected chi connectivity index (χ1v) is 11.1. The van der Waals surface area contributed by atoms with Gasteiger partial charge in [-0.3, -0.25) is 4.79 Å². The molecule has 1 N–H and O–H groups in total. The van der Waals surface area contributed by atoms with Gasteiger partial charge >= 0.3 is 0 Å². The molecule has 3 aromatic carbocycles. The lowest BCUT2D eigenvalue weighted by molar-refractivity contribution is -0.112. The molecule has 4 nitrogen and oxygen atoms in total. The largest absolute Gasteiger partial charge is 0.496 e. The van der Waals surface area contributed by atoms with Gasteiger partial charge in [0.15, 0.2) is 0 Å². The van der Waals surface area contributed by atoms with E-state index in [-0.39, 0.29) is 11.4 Å². The number of benzene rings is 3. The fourth-order valence-corrected chi connectivity index (χ4v) is 4.08. The molecule has 0 aliphatic rings. The first kappa shape index (κ1) is 23.8. The molecule has 1 amide bonds. The normalized spacial score (nSPS) is 11.1. The molecule has 0 aliphatic heterocycles. The van der Waals surface area contributed by atoms with Crippen LogP contribution in [0.2, 0.25) is 5.02 Å². The minimum Gasteiger partial charge on any atom is -0.496 e. The van der Waals surface area contributed by atoms with E-state index in [1.165, 1.54) is 19.3 Å². The van der Waals surface area contributed by atoms with Gasteiger partial charge in [0.05, 0.1) is 7.11 Å². The zero-order chi connectivity index (χ0) is 23.3. The first-order chi connectivity index (χ1) is 15.3. The fourth-order valence-electron chi connectivity index (χ4n) is 3.08. The van der Waals surface area contributed by atoms with E-state index in [0.717, 1.165) is 14.7 Å². The lowest BCUT2D eigenvalue weighted by atomic mass is 10.0. The lowest BCUT2D eigenvalue weighted by Crippen LogP contribution is -2.13. The van der Waals surface area contributed by atoms with Crippen LogP contribution in [0.15, 0.2) is 60.2 Å². The number of nitriles is 1. The van der Waals surface area contributed by atoms with Crippen molar-refractivity contribution in [2.75, 3.05) is 12.4 Å². The van der Waals surface area contributed by atoms with Crippen molar-refractivity contribution in [1.82, 2.24) is 0 Å². The summed E-state index contributed by atoms with van der Waals surface area (Å²) in [5.74, 6) is -0.278. The minimum absolute atomic E-state index is 0.0681. The highest BCUT2D eigenvalue weighted by Crippen LogP contribution is 2.30. The number of halogens is 3. The number of methoxy groups -OCH3 is 1. The fraction of sp³-hybridized carbons (Fsp3) is 0.120. The summed E-state index contributed by atoms with van der Waals surface area (Å²) in [7, 11) is 1.53. The molecular formula is C25H19ClFIN2O2. The summed E-state index contributed by atoms with van der Waals surface area (Å²) in [6.45, 7) is 1.86. The van der Waals surface area contributed by atoms with Crippen molar-refractivity contribution >= 4 is 51.9 Å². The van der Waals surface area contributed by atoms with Crippen molar-refractivity contribution < 1.29 is 13.9 Å². The topological polar surface area (TPSA) is 62.1 Å². The van der Waals surface area contributed by atoms with Crippen molar-refractivity contribution in [1.29, 1.82) is 5.26 Å². The summed E-state index contributed by atoms with van der Waals surface area (Å²) in [4.78, 5) is 12.6. The zero-order valence-corrected chi connectivity index (χ0v) is 20.3. The number of rotatable bonds is 6. The molecule has 3 rings (SSSR count). The van der Waals surface area contributed by atoms with Crippen molar-refractivity contribution in [3.05, 3.63) is 96.8 Å². The summed E-state index contributed by atoms with van der Waals surface area (Å²) in [6, 6.07) is 17.2. The highest BCUT2D eigenvalue weighted by atomic mass is 127. The smallest absolute Gasteiger partial charge is 0.266 e. The zero-order valence-electron chi connectivity index (χ0n) is 17.4. The van der Waals surface area contributed by atoms with Crippen molar-refractivity contribution in [2.45, 2.75) is 13.3 Å². The maximum Gasteiger partial charge on any atom is 0.266 e. The summed E-state index contributed by atoms with van der Waals surface area (Å²) in [6.07, 6.45) is 1.85. The number of anilines is 1. The summed E-state index contributed by atoms with van der Waals surface area (Å²) >= 11 is 8.25. The second-order valence-corrected chi connectivity index (χ2v) is 8.61. The van der Waals surface area contributed by atoms with Crippen LogP contribution in [0, 0.1) is 27.6 Å². The van der Waals surface area contributed by atoms with Gasteiger partial charge in [0.1, 0.15) is 23.2 Å². The third kappa shape index (κ3) is 5.67. The number of ether oxygens (including phenoxy) is 1. The Kier molecular flexibility index (Phi) is 7.89. The Hall–Kier alpha value is -2.89. The number of carbonyl (C=O) groups excluding carboxylic acids is 1. The first-order valence-electron chi connectivity index (χ1n) is 9.61. The third-order valence-electron chi connectivity index (χ3n) is 4.83. The SMILES string of the molecule is COc1cc(/C=C(\C#N)C(=O)Nc2ccc(C)c(Cl)c2)cc(I)c1Cc1ccccc1F. The van der Waals surface area contributed by atoms with Crippen LogP contribution in [-0.4, -0.2) is 13.0 Å². The van der Waals surface area contributed by atoms with Crippen molar-refractivity contribution in [3.63, 3.8) is 0 Å². The standard InChI is InChI=1S/C25H19ClFIN2O2/c1-15-7-8-19(13-21(15)26)30-25(31)18(14-29)9-16-10-23(28)20(24(11-16)32-2)12-17-5-3-4-6-22(17)27/h3-11,13H,12H2,1-2H3,(H,30,31)/b18-9+. The van der Waals surface area contributed by atoms with E-state index >= 15 is 0 Å². The van der Waals surface area contributed by atoms with E-state index < -0.39 is 5.91 Å². The highest BCUT2D eigenvalue weighted by molar-refractivity contribution is 14.1. The number of aryl methyl sites for hydroxylation is 1. The molecule has 0 saturated heterocycles. The number of amides is 1. The third-order valence-corrected chi connectivity index (χ3v) is 6.20. The Balaban J connectivity index is 1.89. The number of hydrogen-bond donors (Lipinski definition) is 1. The second kappa shape index (κ2) is 10.6. The number of hydrogen-bond acceptors (Lipinski definition) is 3. The van der Waals surface area contributed by atoms with Crippen molar-refractivity contribution in [2.24, 2.45) is 0 Å².